The number of carbonyl (C=O) groups is 1. The largest absolute Gasteiger partial charge is 0.481 e. The normalized spacial score (nSPS) is 13.2. The first kappa shape index (κ1) is 17.1. The third kappa shape index (κ3) is 4.85. The summed E-state index contributed by atoms with van der Waals surface area (Å²) in [6.07, 6.45) is 0.484. The summed E-state index contributed by atoms with van der Waals surface area (Å²) in [7, 11) is 0. The number of ether oxygens (including phenoxy) is 1. The Morgan fingerprint density at radius 1 is 1.04 bits per heavy atom. The SMILES string of the molecule is CCc1ccc(C(C)NC(=O)C(C)Oc2ccc(C)cc2)cc1. The molecule has 0 aromatic heterocycles. The monoisotopic (exact) mass is 311 g/mol. The molecule has 0 aliphatic rings. The summed E-state index contributed by atoms with van der Waals surface area (Å²) in [6.45, 7) is 7.90. The fourth-order valence-electron chi connectivity index (χ4n) is 2.33. The Hall–Kier alpha value is -2.29. The molecule has 23 heavy (non-hydrogen) atoms. The number of benzene rings is 2. The predicted molar refractivity (Wildman–Crippen MR) is 93.6 cm³/mol. The Morgan fingerprint density at radius 3 is 2.22 bits per heavy atom. The van der Waals surface area contributed by atoms with Crippen LogP contribution >= 0.6 is 0 Å². The van der Waals surface area contributed by atoms with Crippen molar-refractivity contribution in [2.45, 2.75) is 46.3 Å². The Labute approximate surface area is 138 Å². The first-order valence-electron chi connectivity index (χ1n) is 8.12. The number of aryl methyl sites for hydroxylation is 2. The van der Waals surface area contributed by atoms with Gasteiger partial charge in [0.15, 0.2) is 6.10 Å². The van der Waals surface area contributed by atoms with Crippen molar-refractivity contribution in [2.75, 3.05) is 0 Å². The molecule has 2 rings (SSSR count). The number of carbonyl (C=O) groups excluding carboxylic acids is 1. The van der Waals surface area contributed by atoms with Crippen LogP contribution < -0.4 is 10.1 Å². The van der Waals surface area contributed by atoms with Gasteiger partial charge in [-0.05, 0) is 50.5 Å². The summed E-state index contributed by atoms with van der Waals surface area (Å²) in [5, 5.41) is 3.00. The lowest BCUT2D eigenvalue weighted by Crippen LogP contribution is -2.37. The van der Waals surface area contributed by atoms with Gasteiger partial charge in [0.2, 0.25) is 0 Å². The van der Waals surface area contributed by atoms with E-state index in [2.05, 4.69) is 36.5 Å². The van der Waals surface area contributed by atoms with Crippen LogP contribution in [0.25, 0.3) is 0 Å². The Balaban J connectivity index is 1.92. The summed E-state index contributed by atoms with van der Waals surface area (Å²) in [4.78, 5) is 12.3. The zero-order valence-corrected chi connectivity index (χ0v) is 14.3. The van der Waals surface area contributed by atoms with E-state index in [-0.39, 0.29) is 11.9 Å². The van der Waals surface area contributed by atoms with Crippen LogP contribution in [0, 0.1) is 6.92 Å². The van der Waals surface area contributed by atoms with E-state index in [0.717, 1.165) is 12.0 Å². The number of hydrogen-bond donors (Lipinski definition) is 1. The molecule has 0 heterocycles. The van der Waals surface area contributed by atoms with E-state index in [0.29, 0.717) is 5.75 Å². The zero-order valence-electron chi connectivity index (χ0n) is 14.3. The zero-order chi connectivity index (χ0) is 16.8. The molecule has 0 saturated heterocycles. The fraction of sp³-hybridized carbons (Fsp3) is 0.350. The highest BCUT2D eigenvalue weighted by Gasteiger charge is 2.17. The van der Waals surface area contributed by atoms with Crippen molar-refractivity contribution in [3.63, 3.8) is 0 Å². The summed E-state index contributed by atoms with van der Waals surface area (Å²) in [5.41, 5.74) is 3.56. The topological polar surface area (TPSA) is 38.3 Å². The van der Waals surface area contributed by atoms with Crippen molar-refractivity contribution in [1.82, 2.24) is 5.32 Å². The van der Waals surface area contributed by atoms with Gasteiger partial charge in [0.1, 0.15) is 5.75 Å². The van der Waals surface area contributed by atoms with Gasteiger partial charge in [-0.25, -0.2) is 0 Å². The van der Waals surface area contributed by atoms with Crippen molar-refractivity contribution in [3.05, 3.63) is 65.2 Å². The van der Waals surface area contributed by atoms with Gasteiger partial charge in [0.05, 0.1) is 6.04 Å². The van der Waals surface area contributed by atoms with E-state index in [9.17, 15) is 4.79 Å². The molecule has 1 amide bonds. The van der Waals surface area contributed by atoms with Gasteiger partial charge in [-0.15, -0.1) is 0 Å². The lowest BCUT2D eigenvalue weighted by molar-refractivity contribution is -0.127. The summed E-state index contributed by atoms with van der Waals surface area (Å²) in [5.74, 6) is 0.593. The molecule has 0 saturated carbocycles. The van der Waals surface area contributed by atoms with Gasteiger partial charge in [-0.3, -0.25) is 4.79 Å². The second-order valence-corrected chi connectivity index (χ2v) is 5.90. The summed E-state index contributed by atoms with van der Waals surface area (Å²) < 4.78 is 5.69. The molecule has 0 aliphatic carbocycles. The molecule has 122 valence electrons. The number of nitrogens with one attached hydrogen (secondary N) is 1. The molecule has 2 atom stereocenters. The minimum atomic E-state index is -0.532. The molecular formula is C20H25NO2. The van der Waals surface area contributed by atoms with Gasteiger partial charge in [0, 0.05) is 0 Å². The van der Waals surface area contributed by atoms with Crippen LogP contribution in [0.15, 0.2) is 48.5 Å². The van der Waals surface area contributed by atoms with E-state index < -0.39 is 6.10 Å². The molecule has 3 heteroatoms. The third-order valence-corrected chi connectivity index (χ3v) is 3.95. The van der Waals surface area contributed by atoms with E-state index >= 15 is 0 Å². The first-order chi connectivity index (χ1) is 11.0. The Morgan fingerprint density at radius 2 is 1.65 bits per heavy atom. The minimum Gasteiger partial charge on any atom is -0.481 e. The Kier molecular flexibility index (Phi) is 5.80. The highest BCUT2D eigenvalue weighted by molar-refractivity contribution is 5.81. The average Bonchev–Trinajstić information content (AvgIpc) is 2.56. The highest BCUT2D eigenvalue weighted by Crippen LogP contribution is 2.16. The van der Waals surface area contributed by atoms with Crippen LogP contribution in [-0.2, 0) is 11.2 Å². The van der Waals surface area contributed by atoms with Gasteiger partial charge in [-0.1, -0.05) is 48.9 Å². The molecule has 3 nitrogen and oxygen atoms in total. The van der Waals surface area contributed by atoms with Gasteiger partial charge in [0.25, 0.3) is 5.91 Å². The highest BCUT2D eigenvalue weighted by atomic mass is 16.5. The molecule has 2 unspecified atom stereocenters. The van der Waals surface area contributed by atoms with E-state index in [4.69, 9.17) is 4.74 Å². The maximum Gasteiger partial charge on any atom is 0.261 e. The molecule has 2 aromatic rings. The van der Waals surface area contributed by atoms with E-state index in [1.807, 2.05) is 38.1 Å². The second-order valence-electron chi connectivity index (χ2n) is 5.90. The molecule has 0 bridgehead atoms. The fourth-order valence-corrected chi connectivity index (χ4v) is 2.33. The molecule has 0 fully saturated rings. The predicted octanol–water partition coefficient (Wildman–Crippen LogP) is 4.20. The lowest BCUT2D eigenvalue weighted by atomic mass is 10.0. The smallest absolute Gasteiger partial charge is 0.261 e. The maximum absolute atomic E-state index is 12.3. The van der Waals surface area contributed by atoms with Crippen molar-refractivity contribution >= 4 is 5.91 Å². The first-order valence-corrected chi connectivity index (χ1v) is 8.12. The van der Waals surface area contributed by atoms with Crippen LogP contribution in [0.2, 0.25) is 0 Å². The maximum atomic E-state index is 12.3. The average molecular weight is 311 g/mol. The van der Waals surface area contributed by atoms with E-state index in [1.54, 1.807) is 6.92 Å². The molecule has 0 radical (unpaired) electrons. The number of rotatable bonds is 6. The van der Waals surface area contributed by atoms with Crippen molar-refractivity contribution in [3.8, 4) is 5.75 Å². The summed E-state index contributed by atoms with van der Waals surface area (Å²) >= 11 is 0. The molecule has 0 spiro atoms. The lowest BCUT2D eigenvalue weighted by Gasteiger charge is -2.19. The van der Waals surface area contributed by atoms with Crippen LogP contribution in [-0.4, -0.2) is 12.0 Å². The molecule has 2 aromatic carbocycles. The van der Waals surface area contributed by atoms with Crippen LogP contribution in [0.1, 0.15) is 43.5 Å². The number of amides is 1. The standard InChI is InChI=1S/C20H25NO2/c1-5-17-8-10-18(11-9-17)15(3)21-20(22)16(4)23-19-12-6-14(2)7-13-19/h6-13,15-16H,5H2,1-4H3,(H,21,22). The molecule has 1 N–H and O–H groups in total. The van der Waals surface area contributed by atoms with E-state index in [1.165, 1.54) is 11.1 Å². The summed E-state index contributed by atoms with van der Waals surface area (Å²) in [6, 6.07) is 16.0. The quantitative estimate of drug-likeness (QED) is 0.868. The minimum absolute atomic E-state index is 0.0440. The third-order valence-electron chi connectivity index (χ3n) is 3.95. The van der Waals surface area contributed by atoms with Crippen molar-refractivity contribution < 1.29 is 9.53 Å². The van der Waals surface area contributed by atoms with Crippen LogP contribution in [0.5, 0.6) is 5.75 Å². The van der Waals surface area contributed by atoms with Crippen LogP contribution in [0.3, 0.4) is 0 Å². The molecule has 0 aliphatic heterocycles. The second kappa shape index (κ2) is 7.82. The number of hydrogen-bond acceptors (Lipinski definition) is 2. The van der Waals surface area contributed by atoms with Crippen LogP contribution in [0.4, 0.5) is 0 Å². The molecular weight excluding hydrogens is 286 g/mol. The van der Waals surface area contributed by atoms with Crippen molar-refractivity contribution in [1.29, 1.82) is 0 Å². The van der Waals surface area contributed by atoms with Gasteiger partial charge in [-0.2, -0.15) is 0 Å². The van der Waals surface area contributed by atoms with Crippen molar-refractivity contribution in [2.24, 2.45) is 0 Å². The van der Waals surface area contributed by atoms with Gasteiger partial charge < -0.3 is 10.1 Å². The Bertz CT molecular complexity index is 632. The van der Waals surface area contributed by atoms with Gasteiger partial charge >= 0.3 is 0 Å².